The monoisotopic (exact) mass is 198 g/mol. The minimum Gasteiger partial charge on any atom is -0.456 e. The molecule has 0 unspecified atom stereocenters. The molecule has 0 aromatic heterocycles. The average Bonchev–Trinajstić information content (AvgIpc) is 2.46. The summed E-state index contributed by atoms with van der Waals surface area (Å²) in [5.41, 5.74) is 0. The third kappa shape index (κ3) is 1.96. The Balaban J connectivity index is 1.97. The van der Waals surface area contributed by atoms with Gasteiger partial charge in [0, 0.05) is 12.5 Å². The molecule has 0 aliphatic carbocycles. The van der Waals surface area contributed by atoms with Gasteiger partial charge in [-0.05, 0) is 13.8 Å². The molecule has 0 radical (unpaired) electrons. The lowest BCUT2D eigenvalue weighted by molar-refractivity contribution is -0.167. The van der Waals surface area contributed by atoms with Crippen LogP contribution in [0, 0.1) is 0 Å². The van der Waals surface area contributed by atoms with Crippen LogP contribution in [-0.2, 0) is 19.0 Å². The molecule has 0 N–H and O–H groups in total. The van der Waals surface area contributed by atoms with E-state index >= 15 is 0 Å². The van der Waals surface area contributed by atoms with Gasteiger partial charge in [-0.1, -0.05) is 6.08 Å². The van der Waals surface area contributed by atoms with Gasteiger partial charge in [-0.3, -0.25) is 0 Å². The largest absolute Gasteiger partial charge is 0.456 e. The van der Waals surface area contributed by atoms with E-state index in [0.29, 0.717) is 13.0 Å². The molecule has 0 bridgehead atoms. The Bertz CT molecular complexity index is 269. The molecule has 0 aromatic carbocycles. The summed E-state index contributed by atoms with van der Waals surface area (Å²) in [5.74, 6) is -0.854. The van der Waals surface area contributed by atoms with Crippen molar-refractivity contribution in [2.75, 3.05) is 6.61 Å². The highest BCUT2D eigenvalue weighted by atomic mass is 16.7. The molecule has 4 nitrogen and oxygen atoms in total. The van der Waals surface area contributed by atoms with Crippen LogP contribution in [0.3, 0.4) is 0 Å². The molecule has 0 saturated carbocycles. The first-order valence-electron chi connectivity index (χ1n) is 4.76. The summed E-state index contributed by atoms with van der Waals surface area (Å²) in [6.45, 7) is 4.19. The molecule has 78 valence electrons. The first kappa shape index (κ1) is 9.68. The molecule has 1 saturated heterocycles. The summed E-state index contributed by atoms with van der Waals surface area (Å²) in [6.07, 6.45) is 3.62. The molecule has 1 fully saturated rings. The number of hydrogen-bond donors (Lipinski definition) is 0. The summed E-state index contributed by atoms with van der Waals surface area (Å²) < 4.78 is 16.1. The van der Waals surface area contributed by atoms with Crippen LogP contribution in [-0.4, -0.2) is 30.6 Å². The number of esters is 1. The number of ether oxygens (including phenoxy) is 3. The molecule has 2 heterocycles. The van der Waals surface area contributed by atoms with Crippen molar-refractivity contribution < 1.29 is 19.0 Å². The Kier molecular flexibility index (Phi) is 2.33. The van der Waals surface area contributed by atoms with Crippen LogP contribution in [0.15, 0.2) is 12.2 Å². The fourth-order valence-corrected chi connectivity index (χ4v) is 1.66. The minimum absolute atomic E-state index is 0.140. The highest BCUT2D eigenvalue weighted by Crippen LogP contribution is 2.27. The van der Waals surface area contributed by atoms with Gasteiger partial charge in [0.25, 0.3) is 0 Å². The van der Waals surface area contributed by atoms with Crippen molar-refractivity contribution in [1.82, 2.24) is 0 Å². The van der Waals surface area contributed by atoms with Crippen molar-refractivity contribution in [3.8, 4) is 0 Å². The number of hydrogen-bond acceptors (Lipinski definition) is 4. The van der Waals surface area contributed by atoms with Crippen LogP contribution in [0.4, 0.5) is 0 Å². The number of cyclic esters (lactones) is 1. The number of rotatable bonds is 1. The SMILES string of the molecule is CC1(C)OC[C@@H]([C@H]2CC=CC(=O)O2)O1. The molecular formula is C10H14O4. The van der Waals surface area contributed by atoms with E-state index < -0.39 is 5.79 Å². The van der Waals surface area contributed by atoms with Crippen molar-refractivity contribution >= 4 is 5.97 Å². The Labute approximate surface area is 82.8 Å². The molecule has 0 spiro atoms. The van der Waals surface area contributed by atoms with Crippen LogP contribution in [0.25, 0.3) is 0 Å². The second-order valence-electron chi connectivity index (χ2n) is 3.98. The molecule has 2 rings (SSSR count). The maximum absolute atomic E-state index is 11.0. The van der Waals surface area contributed by atoms with Gasteiger partial charge in [0.1, 0.15) is 12.2 Å². The van der Waals surface area contributed by atoms with E-state index in [-0.39, 0.29) is 18.2 Å². The summed E-state index contributed by atoms with van der Waals surface area (Å²) in [6, 6.07) is 0. The van der Waals surface area contributed by atoms with Crippen LogP contribution in [0.1, 0.15) is 20.3 Å². The number of carbonyl (C=O) groups excluding carboxylic acids is 1. The van der Waals surface area contributed by atoms with E-state index in [2.05, 4.69) is 0 Å². The predicted octanol–water partition coefficient (Wildman–Crippen LogP) is 1.01. The Morgan fingerprint density at radius 2 is 2.21 bits per heavy atom. The molecular weight excluding hydrogens is 184 g/mol. The molecule has 4 heteroatoms. The fraction of sp³-hybridized carbons (Fsp3) is 0.700. The van der Waals surface area contributed by atoms with Crippen LogP contribution < -0.4 is 0 Å². The van der Waals surface area contributed by atoms with Gasteiger partial charge in [-0.25, -0.2) is 4.79 Å². The average molecular weight is 198 g/mol. The molecule has 0 amide bonds. The van der Waals surface area contributed by atoms with E-state index in [9.17, 15) is 4.79 Å². The lowest BCUT2D eigenvalue weighted by Crippen LogP contribution is -2.35. The summed E-state index contributed by atoms with van der Waals surface area (Å²) in [7, 11) is 0. The molecule has 2 aliphatic heterocycles. The normalized spacial score (nSPS) is 35.7. The minimum atomic E-state index is -0.557. The van der Waals surface area contributed by atoms with E-state index in [1.807, 2.05) is 19.9 Å². The van der Waals surface area contributed by atoms with Gasteiger partial charge in [-0.2, -0.15) is 0 Å². The highest BCUT2D eigenvalue weighted by Gasteiger charge is 2.39. The van der Waals surface area contributed by atoms with Gasteiger partial charge in [0.2, 0.25) is 0 Å². The Morgan fingerprint density at radius 3 is 2.79 bits per heavy atom. The maximum Gasteiger partial charge on any atom is 0.330 e. The Morgan fingerprint density at radius 1 is 1.43 bits per heavy atom. The van der Waals surface area contributed by atoms with Gasteiger partial charge in [0.15, 0.2) is 5.79 Å². The smallest absolute Gasteiger partial charge is 0.330 e. The second-order valence-corrected chi connectivity index (χ2v) is 3.98. The standard InChI is InChI=1S/C10H14O4/c1-10(2)12-6-8(14-10)7-4-3-5-9(11)13-7/h3,5,7-8H,4,6H2,1-2H3/t7-,8+/m1/s1. The van der Waals surface area contributed by atoms with Crippen molar-refractivity contribution in [3.05, 3.63) is 12.2 Å². The lowest BCUT2D eigenvalue weighted by Gasteiger charge is -2.24. The van der Waals surface area contributed by atoms with Crippen molar-refractivity contribution in [2.45, 2.75) is 38.3 Å². The van der Waals surface area contributed by atoms with Gasteiger partial charge < -0.3 is 14.2 Å². The van der Waals surface area contributed by atoms with Crippen molar-refractivity contribution in [3.63, 3.8) is 0 Å². The predicted molar refractivity (Wildman–Crippen MR) is 48.5 cm³/mol. The van der Waals surface area contributed by atoms with E-state index in [4.69, 9.17) is 14.2 Å². The molecule has 0 aromatic rings. The zero-order chi connectivity index (χ0) is 10.2. The zero-order valence-electron chi connectivity index (χ0n) is 8.36. The van der Waals surface area contributed by atoms with Crippen LogP contribution >= 0.6 is 0 Å². The first-order valence-corrected chi connectivity index (χ1v) is 4.76. The Hall–Kier alpha value is -0.870. The van der Waals surface area contributed by atoms with E-state index in [1.54, 1.807) is 0 Å². The van der Waals surface area contributed by atoms with E-state index in [1.165, 1.54) is 6.08 Å². The first-order chi connectivity index (χ1) is 6.57. The van der Waals surface area contributed by atoms with Gasteiger partial charge >= 0.3 is 5.97 Å². The second kappa shape index (κ2) is 3.37. The van der Waals surface area contributed by atoms with Crippen LogP contribution in [0.5, 0.6) is 0 Å². The third-order valence-electron chi connectivity index (χ3n) is 2.33. The summed E-state index contributed by atoms with van der Waals surface area (Å²) in [5, 5.41) is 0. The lowest BCUT2D eigenvalue weighted by atomic mass is 10.1. The fourth-order valence-electron chi connectivity index (χ4n) is 1.66. The maximum atomic E-state index is 11.0. The van der Waals surface area contributed by atoms with Gasteiger partial charge in [-0.15, -0.1) is 0 Å². The van der Waals surface area contributed by atoms with Crippen molar-refractivity contribution in [1.29, 1.82) is 0 Å². The van der Waals surface area contributed by atoms with Crippen molar-refractivity contribution in [2.24, 2.45) is 0 Å². The molecule has 2 aliphatic rings. The van der Waals surface area contributed by atoms with Crippen LogP contribution in [0.2, 0.25) is 0 Å². The summed E-state index contributed by atoms with van der Waals surface area (Å²) >= 11 is 0. The highest BCUT2D eigenvalue weighted by molar-refractivity contribution is 5.82. The zero-order valence-corrected chi connectivity index (χ0v) is 8.36. The molecule has 14 heavy (non-hydrogen) atoms. The number of carbonyl (C=O) groups is 1. The third-order valence-corrected chi connectivity index (χ3v) is 2.33. The topological polar surface area (TPSA) is 44.8 Å². The molecule has 2 atom stereocenters. The van der Waals surface area contributed by atoms with Gasteiger partial charge in [0.05, 0.1) is 6.61 Å². The summed E-state index contributed by atoms with van der Waals surface area (Å²) in [4.78, 5) is 11.0. The van der Waals surface area contributed by atoms with E-state index in [0.717, 1.165) is 0 Å². The quantitative estimate of drug-likeness (QED) is 0.590.